The van der Waals surface area contributed by atoms with E-state index in [1.807, 2.05) is 17.0 Å². The van der Waals surface area contributed by atoms with E-state index in [1.54, 1.807) is 6.07 Å². The Balaban J connectivity index is 1.79. The smallest absolute Gasteiger partial charge is 0.231 e. The summed E-state index contributed by atoms with van der Waals surface area (Å²) in [5.41, 5.74) is 3.07. The van der Waals surface area contributed by atoms with Crippen LogP contribution in [0.15, 0.2) is 29.8 Å². The van der Waals surface area contributed by atoms with Gasteiger partial charge in [0, 0.05) is 31.6 Å². The van der Waals surface area contributed by atoms with Crippen molar-refractivity contribution in [2.24, 2.45) is 0 Å². The van der Waals surface area contributed by atoms with E-state index in [0.29, 0.717) is 12.2 Å². The Morgan fingerprint density at radius 2 is 2.09 bits per heavy atom. The molecular weight excluding hydrogens is 276 g/mol. The van der Waals surface area contributed by atoms with Crippen LogP contribution in [0.1, 0.15) is 31.2 Å². The molecule has 0 aromatic heterocycles. The zero-order chi connectivity index (χ0) is 15.5. The van der Waals surface area contributed by atoms with Crippen LogP contribution in [0.4, 0.5) is 5.69 Å². The van der Waals surface area contributed by atoms with Crippen molar-refractivity contribution in [3.05, 3.63) is 35.4 Å². The minimum atomic E-state index is 0.157. The van der Waals surface area contributed by atoms with Crippen molar-refractivity contribution >= 4 is 11.6 Å². The molecule has 3 rings (SSSR count). The summed E-state index contributed by atoms with van der Waals surface area (Å²) in [4.78, 5) is 16.9. The van der Waals surface area contributed by atoms with E-state index in [4.69, 9.17) is 0 Å². The van der Waals surface area contributed by atoms with Crippen LogP contribution in [0.25, 0.3) is 0 Å². The van der Waals surface area contributed by atoms with Gasteiger partial charge in [0.05, 0.1) is 5.69 Å². The van der Waals surface area contributed by atoms with Crippen LogP contribution in [0.5, 0.6) is 5.75 Å². The van der Waals surface area contributed by atoms with Gasteiger partial charge in [-0.15, -0.1) is 0 Å². The van der Waals surface area contributed by atoms with Crippen molar-refractivity contribution in [1.29, 1.82) is 0 Å². The number of amides is 1. The number of fused-ring (bicyclic) bond motifs is 1. The minimum absolute atomic E-state index is 0.157. The number of carbonyl (C=O) groups excluding carboxylic acids is 1. The maximum Gasteiger partial charge on any atom is 0.231 e. The van der Waals surface area contributed by atoms with Gasteiger partial charge in [-0.3, -0.25) is 4.79 Å². The quantitative estimate of drug-likeness (QED) is 0.854. The number of aromatic hydroxyl groups is 1. The van der Waals surface area contributed by atoms with Gasteiger partial charge < -0.3 is 14.9 Å². The molecule has 1 aromatic carbocycles. The second-order valence-electron chi connectivity index (χ2n) is 6.33. The molecule has 1 amide bonds. The van der Waals surface area contributed by atoms with E-state index in [-0.39, 0.29) is 5.91 Å². The van der Waals surface area contributed by atoms with Gasteiger partial charge in [-0.05, 0) is 44.9 Å². The Labute approximate surface area is 132 Å². The number of phenols is 1. The molecule has 118 valence electrons. The average Bonchev–Trinajstić information content (AvgIpc) is 2.73. The normalized spacial score (nSPS) is 19.3. The Hall–Kier alpha value is -1.81. The summed E-state index contributed by atoms with van der Waals surface area (Å²) in [6, 6.07) is 5.50. The molecule has 0 saturated carbocycles. The van der Waals surface area contributed by atoms with Crippen molar-refractivity contribution in [2.45, 2.75) is 32.1 Å². The Morgan fingerprint density at radius 1 is 1.23 bits per heavy atom. The summed E-state index contributed by atoms with van der Waals surface area (Å²) in [6.45, 7) is 2.71. The summed E-state index contributed by atoms with van der Waals surface area (Å²) in [5, 5.41) is 10.1. The number of hydrogen-bond acceptors (Lipinski definition) is 3. The molecule has 0 aliphatic carbocycles. The van der Waals surface area contributed by atoms with Crippen LogP contribution in [0.2, 0.25) is 0 Å². The first kappa shape index (κ1) is 15.1. The lowest BCUT2D eigenvalue weighted by atomic mass is 10.0. The molecule has 0 radical (unpaired) electrons. The maximum absolute atomic E-state index is 12.8. The van der Waals surface area contributed by atoms with Gasteiger partial charge in [0.15, 0.2) is 0 Å². The van der Waals surface area contributed by atoms with E-state index in [2.05, 4.69) is 18.0 Å². The fourth-order valence-corrected chi connectivity index (χ4v) is 3.29. The van der Waals surface area contributed by atoms with Gasteiger partial charge in [0.2, 0.25) is 5.91 Å². The van der Waals surface area contributed by atoms with Crippen molar-refractivity contribution < 1.29 is 9.90 Å². The van der Waals surface area contributed by atoms with E-state index in [0.717, 1.165) is 56.6 Å². The van der Waals surface area contributed by atoms with E-state index < -0.39 is 0 Å². The summed E-state index contributed by atoms with van der Waals surface area (Å²) in [6.07, 6.45) is 6.51. The van der Waals surface area contributed by atoms with Crippen LogP contribution in [-0.4, -0.2) is 42.6 Å². The highest BCUT2D eigenvalue weighted by atomic mass is 16.3. The first-order valence-electron chi connectivity index (χ1n) is 8.13. The van der Waals surface area contributed by atoms with Gasteiger partial charge in [0.25, 0.3) is 0 Å². The molecule has 0 spiro atoms. The second-order valence-corrected chi connectivity index (χ2v) is 6.33. The van der Waals surface area contributed by atoms with Crippen LogP contribution >= 0.6 is 0 Å². The predicted octanol–water partition coefficient (Wildman–Crippen LogP) is 2.71. The number of rotatable bonds is 2. The van der Waals surface area contributed by atoms with Crippen LogP contribution in [0.3, 0.4) is 0 Å². The number of hydrogen-bond donors (Lipinski definition) is 1. The van der Waals surface area contributed by atoms with Crippen LogP contribution in [0, 0.1) is 0 Å². The third kappa shape index (κ3) is 3.17. The van der Waals surface area contributed by atoms with Crippen molar-refractivity contribution in [3.8, 4) is 5.75 Å². The zero-order valence-corrected chi connectivity index (χ0v) is 13.2. The molecule has 0 atom stereocenters. The van der Waals surface area contributed by atoms with Crippen LogP contribution < -0.4 is 4.90 Å². The minimum Gasteiger partial charge on any atom is -0.508 e. The SMILES string of the molecule is CN1CC=C(CC(=O)N2CCCCc3c(O)cccc32)CC1. The summed E-state index contributed by atoms with van der Waals surface area (Å²) in [5.74, 6) is 0.472. The molecule has 2 heterocycles. The van der Waals surface area contributed by atoms with Crippen molar-refractivity contribution in [2.75, 3.05) is 31.6 Å². The fraction of sp³-hybridized carbons (Fsp3) is 0.500. The Bertz CT molecular complexity index is 595. The summed E-state index contributed by atoms with van der Waals surface area (Å²) >= 11 is 0. The topological polar surface area (TPSA) is 43.8 Å². The van der Waals surface area contributed by atoms with Crippen molar-refractivity contribution in [1.82, 2.24) is 4.90 Å². The molecule has 22 heavy (non-hydrogen) atoms. The average molecular weight is 300 g/mol. The van der Waals surface area contributed by atoms with E-state index >= 15 is 0 Å². The first-order valence-corrected chi connectivity index (χ1v) is 8.13. The van der Waals surface area contributed by atoms with Gasteiger partial charge in [-0.2, -0.15) is 0 Å². The monoisotopic (exact) mass is 300 g/mol. The van der Waals surface area contributed by atoms with Crippen molar-refractivity contribution in [3.63, 3.8) is 0 Å². The summed E-state index contributed by atoms with van der Waals surface area (Å²) < 4.78 is 0. The number of likely N-dealkylation sites (N-methyl/N-ethyl adjacent to an activating group) is 1. The number of benzene rings is 1. The molecule has 0 unspecified atom stereocenters. The highest BCUT2D eigenvalue weighted by Crippen LogP contribution is 2.33. The molecular formula is C18H24N2O2. The van der Waals surface area contributed by atoms with Gasteiger partial charge in [0.1, 0.15) is 5.75 Å². The molecule has 1 aromatic rings. The van der Waals surface area contributed by atoms with Gasteiger partial charge in [-0.25, -0.2) is 0 Å². The lowest BCUT2D eigenvalue weighted by Gasteiger charge is -2.26. The second kappa shape index (κ2) is 6.53. The molecule has 2 aliphatic heterocycles. The largest absolute Gasteiger partial charge is 0.508 e. The molecule has 0 fully saturated rings. The first-order chi connectivity index (χ1) is 10.6. The number of anilines is 1. The molecule has 4 nitrogen and oxygen atoms in total. The summed E-state index contributed by atoms with van der Waals surface area (Å²) in [7, 11) is 2.10. The highest BCUT2D eigenvalue weighted by Gasteiger charge is 2.23. The number of carbonyl (C=O) groups is 1. The maximum atomic E-state index is 12.8. The van der Waals surface area contributed by atoms with Gasteiger partial charge in [-0.1, -0.05) is 17.7 Å². The number of phenolic OH excluding ortho intramolecular Hbond substituents is 1. The standard InChI is InChI=1S/C18H24N2O2/c1-19-11-8-14(9-12-19)13-18(22)20-10-3-2-5-15-16(20)6-4-7-17(15)21/h4,6-8,21H,2-3,5,9-13H2,1H3. The van der Waals surface area contributed by atoms with Gasteiger partial charge >= 0.3 is 0 Å². The molecule has 4 heteroatoms. The molecule has 1 N–H and O–H groups in total. The third-order valence-corrected chi connectivity index (χ3v) is 4.66. The number of nitrogens with zero attached hydrogens (tertiary/aromatic N) is 2. The third-order valence-electron chi connectivity index (χ3n) is 4.66. The Morgan fingerprint density at radius 3 is 2.86 bits per heavy atom. The highest BCUT2D eigenvalue weighted by molar-refractivity contribution is 5.96. The lowest BCUT2D eigenvalue weighted by molar-refractivity contribution is -0.118. The van der Waals surface area contributed by atoms with E-state index in [9.17, 15) is 9.90 Å². The molecule has 2 aliphatic rings. The van der Waals surface area contributed by atoms with E-state index in [1.165, 1.54) is 5.57 Å². The fourth-order valence-electron chi connectivity index (χ4n) is 3.29. The van der Waals surface area contributed by atoms with Crippen LogP contribution in [-0.2, 0) is 11.2 Å². The predicted molar refractivity (Wildman–Crippen MR) is 88.2 cm³/mol. The lowest BCUT2D eigenvalue weighted by Crippen LogP contribution is -2.33. The Kier molecular flexibility index (Phi) is 4.48. The molecule has 0 saturated heterocycles. The molecule has 0 bridgehead atoms. The zero-order valence-electron chi connectivity index (χ0n) is 13.2.